The lowest BCUT2D eigenvalue weighted by Crippen LogP contribution is -1.84. The van der Waals surface area contributed by atoms with E-state index in [-0.39, 0.29) is 10.8 Å². The molecule has 0 fully saturated rings. The molecule has 1 nitrogen and oxygen atoms in total. The third-order valence-electron chi connectivity index (χ3n) is 1.09. The summed E-state index contributed by atoms with van der Waals surface area (Å²) >= 11 is 6.56. The normalized spacial score (nSPS) is 9.73. The van der Waals surface area contributed by atoms with Gasteiger partial charge in [-0.25, -0.2) is 4.39 Å². The molecule has 0 amide bonds. The number of rotatable bonds is 2. The van der Waals surface area contributed by atoms with E-state index in [1.165, 1.54) is 12.1 Å². The molecule has 0 aliphatic heterocycles. The summed E-state index contributed by atoms with van der Waals surface area (Å²) < 4.78 is 17.8. The van der Waals surface area contributed by atoms with Crippen molar-refractivity contribution in [2.75, 3.05) is 6.26 Å². The molecule has 1 rings (SSSR count). The Morgan fingerprint density at radius 2 is 2.27 bits per heavy atom. The molecule has 0 unspecified atom stereocenters. The molecule has 0 heterocycles. The summed E-state index contributed by atoms with van der Waals surface area (Å²) in [6.07, 6.45) is 1.71. The van der Waals surface area contributed by atoms with Gasteiger partial charge in [0.05, 0.1) is 17.1 Å². The average molecular weight is 193 g/mol. The molecule has 0 aromatic heterocycles. The van der Waals surface area contributed by atoms with Crippen LogP contribution in [0.3, 0.4) is 0 Å². The van der Waals surface area contributed by atoms with Crippen molar-refractivity contribution in [2.45, 2.75) is 0 Å². The SMILES string of the molecule is CSOc1cccc(Cl)c1F. The molecule has 0 bridgehead atoms. The van der Waals surface area contributed by atoms with Crippen LogP contribution in [0.4, 0.5) is 4.39 Å². The van der Waals surface area contributed by atoms with Crippen molar-refractivity contribution >= 4 is 23.6 Å². The number of halogens is 2. The van der Waals surface area contributed by atoms with E-state index in [4.69, 9.17) is 15.8 Å². The molecule has 0 spiro atoms. The zero-order valence-electron chi connectivity index (χ0n) is 5.80. The van der Waals surface area contributed by atoms with Gasteiger partial charge in [-0.3, -0.25) is 0 Å². The largest absolute Gasteiger partial charge is 0.423 e. The molecule has 0 saturated heterocycles. The quantitative estimate of drug-likeness (QED) is 0.666. The Balaban J connectivity index is 2.96. The van der Waals surface area contributed by atoms with E-state index in [9.17, 15) is 4.39 Å². The monoisotopic (exact) mass is 192 g/mol. The van der Waals surface area contributed by atoms with E-state index in [2.05, 4.69) is 0 Å². The molecule has 4 heteroatoms. The fourth-order valence-electron chi connectivity index (χ4n) is 0.638. The van der Waals surface area contributed by atoms with Gasteiger partial charge in [-0.15, -0.1) is 0 Å². The highest BCUT2D eigenvalue weighted by Gasteiger charge is 2.05. The summed E-state index contributed by atoms with van der Waals surface area (Å²) in [7, 11) is 0. The second kappa shape index (κ2) is 3.83. The van der Waals surface area contributed by atoms with Gasteiger partial charge in [0.1, 0.15) is 0 Å². The van der Waals surface area contributed by atoms with Crippen molar-refractivity contribution in [3.63, 3.8) is 0 Å². The Kier molecular flexibility index (Phi) is 3.02. The summed E-state index contributed by atoms with van der Waals surface area (Å²) in [5.41, 5.74) is 0. The van der Waals surface area contributed by atoms with E-state index in [0.29, 0.717) is 0 Å². The van der Waals surface area contributed by atoms with E-state index in [0.717, 1.165) is 12.0 Å². The van der Waals surface area contributed by atoms with Crippen molar-refractivity contribution in [2.24, 2.45) is 0 Å². The van der Waals surface area contributed by atoms with Crippen LogP contribution in [-0.4, -0.2) is 6.26 Å². The molecule has 0 N–H and O–H groups in total. The van der Waals surface area contributed by atoms with Gasteiger partial charge in [0.15, 0.2) is 11.6 Å². The maximum absolute atomic E-state index is 12.9. The minimum absolute atomic E-state index is 0.0801. The van der Waals surface area contributed by atoms with Gasteiger partial charge < -0.3 is 4.18 Å². The van der Waals surface area contributed by atoms with Crippen molar-refractivity contribution in [1.29, 1.82) is 0 Å². The summed E-state index contributed by atoms with van der Waals surface area (Å²) in [6.45, 7) is 0. The van der Waals surface area contributed by atoms with Gasteiger partial charge in [-0.2, -0.15) is 0 Å². The van der Waals surface area contributed by atoms with E-state index >= 15 is 0 Å². The molecule has 11 heavy (non-hydrogen) atoms. The number of benzene rings is 1. The van der Waals surface area contributed by atoms with Crippen molar-refractivity contribution in [3.05, 3.63) is 29.0 Å². The van der Waals surface area contributed by atoms with E-state index in [1.807, 2.05) is 0 Å². The van der Waals surface area contributed by atoms with E-state index < -0.39 is 5.82 Å². The molecular weight excluding hydrogens is 187 g/mol. The van der Waals surface area contributed by atoms with Crippen LogP contribution in [-0.2, 0) is 0 Å². The second-order valence-corrected chi connectivity index (χ2v) is 2.71. The molecule has 0 atom stereocenters. The first kappa shape index (κ1) is 8.68. The highest BCUT2D eigenvalue weighted by atomic mass is 35.5. The van der Waals surface area contributed by atoms with Crippen molar-refractivity contribution in [1.82, 2.24) is 0 Å². The molecule has 0 radical (unpaired) electrons. The minimum Gasteiger partial charge on any atom is -0.423 e. The Morgan fingerprint density at radius 1 is 1.55 bits per heavy atom. The summed E-state index contributed by atoms with van der Waals surface area (Å²) in [5.74, 6) is -0.339. The van der Waals surface area contributed by atoms with Crippen LogP contribution in [0.1, 0.15) is 0 Å². The van der Waals surface area contributed by atoms with Crippen molar-refractivity contribution in [3.8, 4) is 5.75 Å². The average Bonchev–Trinajstić information content (AvgIpc) is 1.99. The van der Waals surface area contributed by atoms with Crippen LogP contribution in [0, 0.1) is 5.82 Å². The maximum atomic E-state index is 12.9. The minimum atomic E-state index is -0.511. The third-order valence-corrected chi connectivity index (χ3v) is 1.73. The zero-order chi connectivity index (χ0) is 8.27. The second-order valence-electron chi connectivity index (χ2n) is 1.80. The topological polar surface area (TPSA) is 9.23 Å². The van der Waals surface area contributed by atoms with Gasteiger partial charge in [-0.05, 0) is 12.1 Å². The highest BCUT2D eigenvalue weighted by molar-refractivity contribution is 7.94. The molecule has 0 aliphatic rings. The van der Waals surface area contributed by atoms with Gasteiger partial charge in [-0.1, -0.05) is 17.7 Å². The lowest BCUT2D eigenvalue weighted by molar-refractivity contribution is 0.544. The van der Waals surface area contributed by atoms with Gasteiger partial charge in [0.25, 0.3) is 0 Å². The van der Waals surface area contributed by atoms with Crippen LogP contribution in [0.25, 0.3) is 0 Å². The Hall–Kier alpha value is -0.410. The first-order valence-corrected chi connectivity index (χ1v) is 4.43. The van der Waals surface area contributed by atoms with Crippen LogP contribution >= 0.6 is 23.6 Å². The molecule has 1 aromatic carbocycles. The third kappa shape index (κ3) is 2.01. The number of hydrogen-bond donors (Lipinski definition) is 0. The predicted octanol–water partition coefficient (Wildman–Crippen LogP) is 3.14. The van der Waals surface area contributed by atoms with Crippen molar-refractivity contribution < 1.29 is 8.57 Å². The standard InChI is InChI=1S/C7H6ClFOS/c1-11-10-6-4-2-3-5(8)7(6)9/h2-4H,1H3. The fourth-order valence-corrected chi connectivity index (χ4v) is 1.11. The van der Waals surface area contributed by atoms with Gasteiger partial charge in [0.2, 0.25) is 0 Å². The molecule has 0 aliphatic carbocycles. The summed E-state index contributed by atoms with van der Waals surface area (Å²) in [5, 5.41) is 0.0801. The lowest BCUT2D eigenvalue weighted by atomic mass is 10.3. The lowest BCUT2D eigenvalue weighted by Gasteiger charge is -2.01. The number of hydrogen-bond acceptors (Lipinski definition) is 2. The van der Waals surface area contributed by atoms with Crippen LogP contribution < -0.4 is 4.18 Å². The van der Waals surface area contributed by atoms with Crippen LogP contribution in [0.5, 0.6) is 5.75 Å². The molecular formula is C7H6ClFOS. The van der Waals surface area contributed by atoms with Gasteiger partial charge in [0, 0.05) is 6.26 Å². The first-order chi connectivity index (χ1) is 5.25. The smallest absolute Gasteiger partial charge is 0.185 e. The predicted molar refractivity (Wildman–Crippen MR) is 45.6 cm³/mol. The fraction of sp³-hybridized carbons (Fsp3) is 0.143. The Bertz CT molecular complexity index is 254. The van der Waals surface area contributed by atoms with Crippen LogP contribution in [0.2, 0.25) is 5.02 Å². The van der Waals surface area contributed by atoms with Crippen LogP contribution in [0.15, 0.2) is 18.2 Å². The van der Waals surface area contributed by atoms with Gasteiger partial charge >= 0.3 is 0 Å². The maximum Gasteiger partial charge on any atom is 0.185 e. The van der Waals surface area contributed by atoms with E-state index in [1.54, 1.807) is 12.3 Å². The summed E-state index contributed by atoms with van der Waals surface area (Å²) in [4.78, 5) is 0. The Morgan fingerprint density at radius 3 is 2.91 bits per heavy atom. The molecule has 0 saturated carbocycles. The first-order valence-electron chi connectivity index (χ1n) is 2.90. The zero-order valence-corrected chi connectivity index (χ0v) is 7.38. The Labute approximate surface area is 73.7 Å². The highest BCUT2D eigenvalue weighted by Crippen LogP contribution is 2.25. The molecule has 1 aromatic rings. The summed E-state index contributed by atoms with van der Waals surface area (Å²) in [6, 6.07) is 4.64. The molecule has 60 valence electrons.